The summed E-state index contributed by atoms with van der Waals surface area (Å²) in [5, 5.41) is 7.00. The van der Waals surface area contributed by atoms with Gasteiger partial charge in [0.15, 0.2) is 11.5 Å². The van der Waals surface area contributed by atoms with Crippen molar-refractivity contribution in [3.05, 3.63) is 66.2 Å². The lowest BCUT2D eigenvalue weighted by Crippen LogP contribution is -2.25. The van der Waals surface area contributed by atoms with E-state index in [1.807, 2.05) is 30.3 Å². The number of ether oxygens (including phenoxy) is 2. The van der Waals surface area contributed by atoms with E-state index in [2.05, 4.69) is 15.4 Å². The van der Waals surface area contributed by atoms with E-state index in [0.717, 1.165) is 29.2 Å². The van der Waals surface area contributed by atoms with Gasteiger partial charge in [0, 0.05) is 12.1 Å². The topological polar surface area (TPSA) is 78.3 Å². The highest BCUT2D eigenvalue weighted by Crippen LogP contribution is 2.30. The summed E-state index contributed by atoms with van der Waals surface area (Å²) in [7, 11) is 0. The van der Waals surface area contributed by atoms with Crippen molar-refractivity contribution >= 4 is 5.91 Å². The average Bonchev–Trinajstić information content (AvgIpc) is 3.23. The first-order valence-corrected chi connectivity index (χ1v) is 8.41. The first-order chi connectivity index (χ1) is 12.8. The lowest BCUT2D eigenvalue weighted by atomic mass is 10.1. The minimum absolute atomic E-state index is 0.104. The molecule has 0 bridgehead atoms. The molecule has 1 aromatic heterocycles. The molecule has 0 aliphatic carbocycles. The number of carbonyl (C=O) groups is 1. The summed E-state index contributed by atoms with van der Waals surface area (Å²) in [5.41, 5.74) is 2.56. The molecular weight excluding hydrogens is 332 g/mol. The third-order valence-corrected chi connectivity index (χ3v) is 4.12. The summed E-state index contributed by atoms with van der Waals surface area (Å²) in [4.78, 5) is 16.2. The minimum Gasteiger partial charge on any atom is -0.486 e. The van der Waals surface area contributed by atoms with Gasteiger partial charge in [-0.3, -0.25) is 4.79 Å². The summed E-state index contributed by atoms with van der Waals surface area (Å²) >= 11 is 0. The smallest absolute Gasteiger partial charge is 0.251 e. The Balaban J connectivity index is 1.32. The first-order valence-electron chi connectivity index (χ1n) is 8.41. The number of aromatic nitrogens is 3. The van der Waals surface area contributed by atoms with Crippen molar-refractivity contribution in [1.82, 2.24) is 20.1 Å². The van der Waals surface area contributed by atoms with Crippen LogP contribution in [0.5, 0.6) is 11.5 Å². The molecule has 0 fully saturated rings. The molecule has 132 valence electrons. The molecule has 26 heavy (non-hydrogen) atoms. The number of nitrogens with one attached hydrogen (secondary N) is 1. The number of rotatable bonds is 5. The predicted octanol–water partition coefficient (Wildman–Crippen LogP) is 2.01. The zero-order valence-electron chi connectivity index (χ0n) is 14.1. The predicted molar refractivity (Wildman–Crippen MR) is 94.8 cm³/mol. The van der Waals surface area contributed by atoms with Gasteiger partial charge in [0.25, 0.3) is 5.91 Å². The van der Waals surface area contributed by atoms with E-state index >= 15 is 0 Å². The Kier molecular flexibility index (Phi) is 4.51. The highest BCUT2D eigenvalue weighted by Gasteiger charge is 2.12. The largest absolute Gasteiger partial charge is 0.486 e. The molecule has 4 rings (SSSR count). The molecule has 7 heteroatoms. The highest BCUT2D eigenvalue weighted by molar-refractivity contribution is 5.94. The number of hydrogen-bond donors (Lipinski definition) is 1. The Morgan fingerprint density at radius 1 is 1.08 bits per heavy atom. The van der Waals surface area contributed by atoms with Crippen LogP contribution in [-0.2, 0) is 6.42 Å². The second-order valence-electron chi connectivity index (χ2n) is 5.87. The van der Waals surface area contributed by atoms with Gasteiger partial charge in [0.2, 0.25) is 0 Å². The van der Waals surface area contributed by atoms with Gasteiger partial charge in [0.1, 0.15) is 25.9 Å². The van der Waals surface area contributed by atoms with Gasteiger partial charge in [0.05, 0.1) is 5.69 Å². The van der Waals surface area contributed by atoms with E-state index in [9.17, 15) is 4.79 Å². The van der Waals surface area contributed by atoms with E-state index in [1.165, 1.54) is 6.33 Å². The van der Waals surface area contributed by atoms with Crippen LogP contribution in [0.3, 0.4) is 0 Å². The Bertz CT molecular complexity index is 892. The molecule has 1 aliphatic rings. The molecule has 0 spiro atoms. The van der Waals surface area contributed by atoms with Gasteiger partial charge in [-0.15, -0.1) is 0 Å². The van der Waals surface area contributed by atoms with Crippen LogP contribution in [0, 0.1) is 0 Å². The van der Waals surface area contributed by atoms with Crippen molar-refractivity contribution in [3.63, 3.8) is 0 Å². The van der Waals surface area contributed by atoms with Crippen LogP contribution in [0.4, 0.5) is 0 Å². The monoisotopic (exact) mass is 350 g/mol. The maximum absolute atomic E-state index is 12.3. The standard InChI is InChI=1S/C19H18N4O3/c24-19(15-2-4-16(5-3-15)23-13-20-12-22-23)21-8-7-14-1-6-17-18(11-14)26-10-9-25-17/h1-6,11-13H,7-10H2,(H,21,24). The third kappa shape index (κ3) is 3.51. The van der Waals surface area contributed by atoms with Crippen molar-refractivity contribution in [2.45, 2.75) is 6.42 Å². The van der Waals surface area contributed by atoms with Crippen LogP contribution in [0.1, 0.15) is 15.9 Å². The number of nitrogens with zero attached hydrogens (tertiary/aromatic N) is 3. The van der Waals surface area contributed by atoms with Crippen LogP contribution in [0.15, 0.2) is 55.1 Å². The fraction of sp³-hybridized carbons (Fsp3) is 0.211. The molecule has 0 atom stereocenters. The fourth-order valence-electron chi connectivity index (χ4n) is 2.77. The van der Waals surface area contributed by atoms with Crippen LogP contribution >= 0.6 is 0 Å². The summed E-state index contributed by atoms with van der Waals surface area (Å²) < 4.78 is 12.7. The van der Waals surface area contributed by atoms with E-state index in [1.54, 1.807) is 23.1 Å². The van der Waals surface area contributed by atoms with Crippen LogP contribution in [0.2, 0.25) is 0 Å². The van der Waals surface area contributed by atoms with Crippen molar-refractivity contribution in [3.8, 4) is 17.2 Å². The molecule has 2 aromatic carbocycles. The van der Waals surface area contributed by atoms with Crippen molar-refractivity contribution in [2.24, 2.45) is 0 Å². The zero-order valence-corrected chi connectivity index (χ0v) is 14.1. The van der Waals surface area contributed by atoms with Gasteiger partial charge in [-0.1, -0.05) is 6.07 Å². The molecule has 2 heterocycles. The van der Waals surface area contributed by atoms with Crippen LogP contribution in [0.25, 0.3) is 5.69 Å². The van der Waals surface area contributed by atoms with E-state index in [0.29, 0.717) is 25.3 Å². The van der Waals surface area contributed by atoms with Crippen LogP contribution < -0.4 is 14.8 Å². The second-order valence-corrected chi connectivity index (χ2v) is 5.87. The second kappa shape index (κ2) is 7.26. The summed E-state index contributed by atoms with van der Waals surface area (Å²) in [6, 6.07) is 13.1. The normalized spacial score (nSPS) is 12.6. The van der Waals surface area contributed by atoms with Gasteiger partial charge in [-0.25, -0.2) is 9.67 Å². The quantitative estimate of drug-likeness (QED) is 0.762. The maximum Gasteiger partial charge on any atom is 0.251 e. The van der Waals surface area contributed by atoms with E-state index in [-0.39, 0.29) is 5.91 Å². The van der Waals surface area contributed by atoms with Crippen molar-refractivity contribution in [2.75, 3.05) is 19.8 Å². The van der Waals surface area contributed by atoms with E-state index in [4.69, 9.17) is 9.47 Å². The molecule has 1 aliphatic heterocycles. The van der Waals surface area contributed by atoms with E-state index < -0.39 is 0 Å². The molecule has 3 aromatic rings. The van der Waals surface area contributed by atoms with Gasteiger partial charge < -0.3 is 14.8 Å². The molecule has 1 N–H and O–H groups in total. The van der Waals surface area contributed by atoms with Crippen LogP contribution in [-0.4, -0.2) is 40.4 Å². The summed E-state index contributed by atoms with van der Waals surface area (Å²) in [5.74, 6) is 1.44. The fourth-order valence-corrected chi connectivity index (χ4v) is 2.77. The number of fused-ring (bicyclic) bond motifs is 1. The Hall–Kier alpha value is -3.35. The van der Waals surface area contributed by atoms with Gasteiger partial charge >= 0.3 is 0 Å². The SMILES string of the molecule is O=C(NCCc1ccc2c(c1)OCCO2)c1ccc(-n2cncn2)cc1. The molecule has 0 saturated carbocycles. The molecule has 1 amide bonds. The molecule has 0 radical (unpaired) electrons. The van der Waals surface area contributed by atoms with Gasteiger partial charge in [-0.05, 0) is 48.4 Å². The van der Waals surface area contributed by atoms with Crippen molar-refractivity contribution in [1.29, 1.82) is 0 Å². The number of carbonyl (C=O) groups excluding carboxylic acids is 1. The maximum atomic E-state index is 12.3. The molecular formula is C19H18N4O3. The van der Waals surface area contributed by atoms with Crippen molar-refractivity contribution < 1.29 is 14.3 Å². The number of benzene rings is 2. The average molecular weight is 350 g/mol. The molecule has 0 saturated heterocycles. The zero-order chi connectivity index (χ0) is 17.8. The Morgan fingerprint density at radius 2 is 1.88 bits per heavy atom. The lowest BCUT2D eigenvalue weighted by molar-refractivity contribution is 0.0954. The Morgan fingerprint density at radius 3 is 2.65 bits per heavy atom. The summed E-state index contributed by atoms with van der Waals surface area (Å²) in [6.45, 7) is 1.69. The third-order valence-electron chi connectivity index (χ3n) is 4.12. The van der Waals surface area contributed by atoms with Gasteiger partial charge in [-0.2, -0.15) is 5.10 Å². The molecule has 0 unspecified atom stereocenters. The summed E-state index contributed by atoms with van der Waals surface area (Å²) in [6.07, 6.45) is 3.81. The minimum atomic E-state index is -0.104. The highest BCUT2D eigenvalue weighted by atomic mass is 16.6. The molecule has 7 nitrogen and oxygen atoms in total. The Labute approximate surface area is 150 Å². The lowest BCUT2D eigenvalue weighted by Gasteiger charge is -2.18. The number of hydrogen-bond acceptors (Lipinski definition) is 5. The first kappa shape index (κ1) is 16.1. The number of amides is 1.